The van der Waals surface area contributed by atoms with E-state index >= 15 is 0 Å². The van der Waals surface area contributed by atoms with Gasteiger partial charge in [0.1, 0.15) is 0 Å². The number of methoxy groups -OCH3 is 1. The molecule has 0 unspecified atom stereocenters. The van der Waals surface area contributed by atoms with Crippen LogP contribution < -0.4 is 10.6 Å². The molecule has 0 aromatic rings. The summed E-state index contributed by atoms with van der Waals surface area (Å²) in [5, 5.41) is 6.81. The van der Waals surface area contributed by atoms with Gasteiger partial charge in [-0.2, -0.15) is 0 Å². The summed E-state index contributed by atoms with van der Waals surface area (Å²) in [6, 6.07) is 0. The third-order valence-corrected chi connectivity index (χ3v) is 2.62. The first-order chi connectivity index (χ1) is 6.93. The Morgan fingerprint density at radius 1 is 1.07 bits per heavy atom. The third-order valence-electron chi connectivity index (χ3n) is 2.62. The number of ether oxygens (including phenoxy) is 1. The number of rotatable bonds is 10. The molecule has 0 spiro atoms. The highest BCUT2D eigenvalue weighted by Gasteiger charge is 2.19. The largest absolute Gasteiger partial charge is 0.383 e. The van der Waals surface area contributed by atoms with Crippen molar-refractivity contribution in [2.75, 3.05) is 39.9 Å². The van der Waals surface area contributed by atoms with Crippen molar-refractivity contribution >= 4 is 0 Å². The molecule has 0 aliphatic heterocycles. The maximum atomic E-state index is 4.94. The standard InChI is InChI=1S/C11H24N2O/c1-14-10-9-13-7-2-6-12-8-5-11-3-4-11/h11-13H,2-10H2,1H3. The monoisotopic (exact) mass is 200 g/mol. The molecule has 2 N–H and O–H groups in total. The molecule has 0 bridgehead atoms. The van der Waals surface area contributed by atoms with Crippen molar-refractivity contribution in [3.8, 4) is 0 Å². The minimum atomic E-state index is 0.815. The van der Waals surface area contributed by atoms with Crippen LogP contribution in [0.3, 0.4) is 0 Å². The van der Waals surface area contributed by atoms with E-state index in [4.69, 9.17) is 4.74 Å². The predicted molar refractivity (Wildman–Crippen MR) is 59.6 cm³/mol. The molecule has 1 saturated carbocycles. The molecular formula is C11H24N2O. The minimum Gasteiger partial charge on any atom is -0.383 e. The van der Waals surface area contributed by atoms with E-state index in [1.807, 2.05) is 0 Å². The van der Waals surface area contributed by atoms with Crippen LogP contribution in [0.1, 0.15) is 25.7 Å². The molecule has 3 heteroatoms. The lowest BCUT2D eigenvalue weighted by atomic mass is 10.3. The van der Waals surface area contributed by atoms with Gasteiger partial charge in [-0.1, -0.05) is 12.8 Å². The first-order valence-electron chi connectivity index (χ1n) is 5.84. The topological polar surface area (TPSA) is 33.3 Å². The number of nitrogens with one attached hydrogen (secondary N) is 2. The summed E-state index contributed by atoms with van der Waals surface area (Å²) < 4.78 is 4.94. The van der Waals surface area contributed by atoms with Crippen LogP contribution in [0, 0.1) is 5.92 Å². The van der Waals surface area contributed by atoms with Gasteiger partial charge in [0, 0.05) is 13.7 Å². The van der Waals surface area contributed by atoms with Crippen LogP contribution in [0.5, 0.6) is 0 Å². The van der Waals surface area contributed by atoms with Crippen LogP contribution in [0.2, 0.25) is 0 Å². The summed E-state index contributed by atoms with van der Waals surface area (Å²) >= 11 is 0. The minimum absolute atomic E-state index is 0.815. The molecule has 84 valence electrons. The zero-order valence-corrected chi connectivity index (χ0v) is 9.35. The van der Waals surface area contributed by atoms with E-state index in [0.717, 1.165) is 32.2 Å². The maximum absolute atomic E-state index is 4.94. The van der Waals surface area contributed by atoms with Crippen molar-refractivity contribution in [3.63, 3.8) is 0 Å². The lowest BCUT2D eigenvalue weighted by Crippen LogP contribution is -2.25. The molecule has 0 amide bonds. The molecule has 1 aliphatic rings. The highest BCUT2D eigenvalue weighted by Crippen LogP contribution is 2.31. The Balaban J connectivity index is 1.63. The fourth-order valence-corrected chi connectivity index (χ4v) is 1.48. The molecule has 1 rings (SSSR count). The van der Waals surface area contributed by atoms with Crippen molar-refractivity contribution in [3.05, 3.63) is 0 Å². The Morgan fingerprint density at radius 3 is 2.43 bits per heavy atom. The van der Waals surface area contributed by atoms with Gasteiger partial charge in [-0.25, -0.2) is 0 Å². The zero-order chi connectivity index (χ0) is 10.1. The fourth-order valence-electron chi connectivity index (χ4n) is 1.48. The second kappa shape index (κ2) is 8.21. The number of hydrogen-bond acceptors (Lipinski definition) is 3. The van der Waals surface area contributed by atoms with Gasteiger partial charge in [-0.3, -0.25) is 0 Å². The Morgan fingerprint density at radius 2 is 1.79 bits per heavy atom. The molecule has 0 saturated heterocycles. The highest BCUT2D eigenvalue weighted by molar-refractivity contribution is 4.73. The van der Waals surface area contributed by atoms with Crippen molar-refractivity contribution in [1.29, 1.82) is 0 Å². The average Bonchev–Trinajstić information content (AvgIpc) is 2.99. The Bertz CT molecular complexity index is 126. The lowest BCUT2D eigenvalue weighted by Gasteiger charge is -2.05. The highest BCUT2D eigenvalue weighted by atomic mass is 16.5. The first-order valence-corrected chi connectivity index (χ1v) is 5.84. The molecule has 0 radical (unpaired) electrons. The van der Waals surface area contributed by atoms with Gasteiger partial charge in [0.05, 0.1) is 6.61 Å². The van der Waals surface area contributed by atoms with Crippen molar-refractivity contribution in [1.82, 2.24) is 10.6 Å². The summed E-state index contributed by atoms with van der Waals surface area (Å²) in [4.78, 5) is 0. The average molecular weight is 200 g/mol. The second-order valence-corrected chi connectivity index (χ2v) is 4.08. The van der Waals surface area contributed by atoms with Crippen LogP contribution in [0.4, 0.5) is 0 Å². The second-order valence-electron chi connectivity index (χ2n) is 4.08. The van der Waals surface area contributed by atoms with E-state index in [1.54, 1.807) is 7.11 Å². The van der Waals surface area contributed by atoms with Crippen LogP contribution in [0.15, 0.2) is 0 Å². The summed E-state index contributed by atoms with van der Waals surface area (Å²) in [6.45, 7) is 5.24. The molecule has 0 aromatic heterocycles. The Hall–Kier alpha value is -0.120. The molecule has 3 nitrogen and oxygen atoms in total. The third kappa shape index (κ3) is 7.30. The smallest absolute Gasteiger partial charge is 0.0587 e. The SMILES string of the molecule is COCCNCCCNCCC1CC1. The summed E-state index contributed by atoms with van der Waals surface area (Å²) in [6.07, 6.45) is 5.55. The Kier molecular flexibility index (Phi) is 7.01. The lowest BCUT2D eigenvalue weighted by molar-refractivity contribution is 0.199. The quantitative estimate of drug-likeness (QED) is 0.516. The Labute approximate surface area is 87.6 Å². The van der Waals surface area contributed by atoms with Gasteiger partial charge in [0.2, 0.25) is 0 Å². The van der Waals surface area contributed by atoms with Gasteiger partial charge in [0.25, 0.3) is 0 Å². The predicted octanol–water partition coefficient (Wildman–Crippen LogP) is 1.00. The van der Waals surface area contributed by atoms with Crippen LogP contribution in [-0.4, -0.2) is 39.9 Å². The molecular weight excluding hydrogens is 176 g/mol. The molecule has 0 atom stereocenters. The molecule has 1 fully saturated rings. The summed E-state index contributed by atoms with van der Waals surface area (Å²) in [5.74, 6) is 1.06. The van der Waals surface area contributed by atoms with E-state index < -0.39 is 0 Å². The van der Waals surface area contributed by atoms with Crippen LogP contribution in [0.25, 0.3) is 0 Å². The normalized spacial score (nSPS) is 16.1. The molecule has 14 heavy (non-hydrogen) atoms. The van der Waals surface area contributed by atoms with E-state index in [9.17, 15) is 0 Å². The van der Waals surface area contributed by atoms with E-state index in [1.165, 1.54) is 32.2 Å². The van der Waals surface area contributed by atoms with E-state index in [0.29, 0.717) is 0 Å². The van der Waals surface area contributed by atoms with Crippen molar-refractivity contribution in [2.45, 2.75) is 25.7 Å². The number of hydrogen-bond donors (Lipinski definition) is 2. The van der Waals surface area contributed by atoms with E-state index in [2.05, 4.69) is 10.6 Å². The van der Waals surface area contributed by atoms with Gasteiger partial charge in [0.15, 0.2) is 0 Å². The fraction of sp³-hybridized carbons (Fsp3) is 1.00. The van der Waals surface area contributed by atoms with Gasteiger partial charge < -0.3 is 15.4 Å². The van der Waals surface area contributed by atoms with Gasteiger partial charge in [-0.05, 0) is 38.4 Å². The summed E-state index contributed by atoms with van der Waals surface area (Å²) in [5.41, 5.74) is 0. The van der Waals surface area contributed by atoms with E-state index in [-0.39, 0.29) is 0 Å². The molecule has 0 aromatic carbocycles. The molecule has 0 heterocycles. The molecule has 1 aliphatic carbocycles. The first kappa shape index (κ1) is 12.0. The summed E-state index contributed by atoms with van der Waals surface area (Å²) in [7, 11) is 1.74. The van der Waals surface area contributed by atoms with Crippen LogP contribution in [-0.2, 0) is 4.74 Å². The van der Waals surface area contributed by atoms with Crippen LogP contribution >= 0.6 is 0 Å². The van der Waals surface area contributed by atoms with Crippen molar-refractivity contribution in [2.24, 2.45) is 5.92 Å². The van der Waals surface area contributed by atoms with Crippen molar-refractivity contribution < 1.29 is 4.74 Å². The maximum Gasteiger partial charge on any atom is 0.0587 e. The zero-order valence-electron chi connectivity index (χ0n) is 9.35. The van der Waals surface area contributed by atoms with Gasteiger partial charge >= 0.3 is 0 Å². The van der Waals surface area contributed by atoms with Gasteiger partial charge in [-0.15, -0.1) is 0 Å².